The smallest absolute Gasteiger partial charge is 0.407 e. The second-order valence-electron chi connectivity index (χ2n) is 14.7. The molecule has 8 N–H and O–H groups in total. The second kappa shape index (κ2) is 26.4. The molecular formula is C33H60N6O12S3. The summed E-state index contributed by atoms with van der Waals surface area (Å²) in [6, 6.07) is -3.28. The number of hydrogen-bond donors (Lipinski definition) is 8. The third-order valence-corrected chi connectivity index (χ3v) is 9.44. The fourth-order valence-corrected chi connectivity index (χ4v) is 6.25. The third kappa shape index (κ3) is 32.0. The van der Waals surface area contributed by atoms with Gasteiger partial charge in [0.25, 0.3) is 6.47 Å². The molecule has 0 aromatic rings. The lowest BCUT2D eigenvalue weighted by atomic mass is 10.1. The molecule has 312 valence electrons. The minimum atomic E-state index is -1.10. The van der Waals surface area contributed by atoms with Crippen molar-refractivity contribution < 1.29 is 57.7 Å². The van der Waals surface area contributed by atoms with Gasteiger partial charge in [-0.1, -0.05) is 42.4 Å². The van der Waals surface area contributed by atoms with E-state index in [1.54, 1.807) is 59.3 Å². The lowest BCUT2D eigenvalue weighted by Crippen LogP contribution is -2.50. The Hall–Kier alpha value is -3.43. The number of hydrogen-bond acceptors (Lipinski definition) is 15. The summed E-state index contributed by atoms with van der Waals surface area (Å²) in [6.45, 7) is 18.6. The number of esters is 1. The number of nitrogens with two attached hydrogens (primary N) is 1. The van der Waals surface area contributed by atoms with Crippen LogP contribution in [0.5, 0.6) is 0 Å². The van der Waals surface area contributed by atoms with Crippen LogP contribution in [0.2, 0.25) is 0 Å². The van der Waals surface area contributed by atoms with E-state index in [9.17, 15) is 38.4 Å². The van der Waals surface area contributed by atoms with E-state index in [1.165, 1.54) is 10.8 Å². The van der Waals surface area contributed by atoms with Crippen molar-refractivity contribution in [1.29, 1.82) is 0 Å². The number of ether oxygens (including phenoxy) is 3. The van der Waals surface area contributed by atoms with Crippen LogP contribution in [0.3, 0.4) is 0 Å². The van der Waals surface area contributed by atoms with Crippen molar-refractivity contribution in [2.75, 3.05) is 24.6 Å². The molecule has 0 heterocycles. The summed E-state index contributed by atoms with van der Waals surface area (Å²) in [5, 5.41) is 21.1. The molecular weight excluding hydrogens is 769 g/mol. The zero-order chi connectivity index (χ0) is 42.3. The highest BCUT2D eigenvalue weighted by Crippen LogP contribution is 2.35. The van der Waals surface area contributed by atoms with Crippen LogP contribution in [0.15, 0.2) is 0 Å². The molecule has 0 saturated heterocycles. The summed E-state index contributed by atoms with van der Waals surface area (Å²) in [5.41, 5.74) is 4.05. The largest absolute Gasteiger partial charge is 0.481 e. The molecule has 0 aliphatic carbocycles. The molecule has 0 aromatic carbocycles. The Kier molecular flexibility index (Phi) is 25.7. The van der Waals surface area contributed by atoms with E-state index < -0.39 is 65.4 Å². The number of thiol groups is 1. The molecule has 0 aliphatic heterocycles. The van der Waals surface area contributed by atoms with Crippen LogP contribution in [0.25, 0.3) is 0 Å². The van der Waals surface area contributed by atoms with Crippen LogP contribution in [-0.2, 0) is 38.2 Å². The van der Waals surface area contributed by atoms with Crippen molar-refractivity contribution in [2.45, 2.75) is 135 Å². The maximum atomic E-state index is 12.8. The first-order valence-electron chi connectivity index (χ1n) is 17.0. The highest BCUT2D eigenvalue weighted by Gasteiger charge is 2.25. The first-order valence-corrected chi connectivity index (χ1v) is 20.0. The lowest BCUT2D eigenvalue weighted by Gasteiger charge is -2.23. The molecule has 5 amide bonds. The Morgan fingerprint density at radius 1 is 0.759 bits per heavy atom. The molecule has 0 spiro atoms. The van der Waals surface area contributed by atoms with Crippen LogP contribution in [0.1, 0.15) is 94.9 Å². The van der Waals surface area contributed by atoms with Gasteiger partial charge in [0.05, 0.1) is 31.5 Å². The Morgan fingerprint density at radius 2 is 1.26 bits per heavy atom. The number of nitrogens with one attached hydrogen (secondary N) is 5. The van der Waals surface area contributed by atoms with Gasteiger partial charge in [-0.15, -0.1) is 0 Å². The van der Waals surface area contributed by atoms with Gasteiger partial charge in [0, 0.05) is 41.7 Å². The number of carboxylic acid groups (broad SMARTS) is 1. The molecule has 0 rings (SSSR count). The van der Waals surface area contributed by atoms with Gasteiger partial charge in [0.15, 0.2) is 17.8 Å². The highest BCUT2D eigenvalue weighted by atomic mass is 33.1. The van der Waals surface area contributed by atoms with Crippen molar-refractivity contribution in [3.8, 4) is 0 Å². The SMILES string of the molecule is C[C@H](CNC(=O)N[C@@H](CSSC(C)(C)C)C(=O)CCC(=O)OC(C)(C)C)NC(=O)OC(C)(C)C.N[C@@H](CNC(=O)N[C@@H](CS)C(=O)CCC(=O)O)OC=O. The summed E-state index contributed by atoms with van der Waals surface area (Å²) in [5.74, 6) is -1.86. The summed E-state index contributed by atoms with van der Waals surface area (Å²) < 4.78 is 14.8. The number of ketones is 2. The van der Waals surface area contributed by atoms with Gasteiger partial charge >= 0.3 is 30.1 Å². The van der Waals surface area contributed by atoms with Gasteiger partial charge in [-0.25, -0.2) is 14.4 Å². The first kappa shape index (κ1) is 52.7. The van der Waals surface area contributed by atoms with E-state index >= 15 is 0 Å². The monoisotopic (exact) mass is 828 g/mol. The standard InChI is InChI=1S/C23H43N3O6S2.C10H17N3O6S/c1-15(25-20(30)32-22(5,6)7)13-24-19(29)26-16(14-33-34-23(8,9)10)17(27)11-12-18(28)31-21(2,3)4;11-8(19-5-14)3-12-10(18)13-6(4-20)7(15)1-2-9(16)17/h15-16H,11-14H2,1-10H3,(H,25,30)(H2,24,26,29);5-6,8,20H,1-4,11H2,(H,16,17)(H2,12,13,18)/t15-,16+;6-,8+/m10/s1. The number of carbonyl (C=O) groups is 8. The molecule has 21 heteroatoms. The Labute approximate surface area is 331 Å². The minimum absolute atomic E-state index is 0.0141. The molecule has 0 aromatic heterocycles. The molecule has 0 radical (unpaired) electrons. The van der Waals surface area contributed by atoms with Crippen LogP contribution < -0.4 is 32.3 Å². The van der Waals surface area contributed by atoms with Crippen molar-refractivity contribution >= 4 is 82.3 Å². The number of Topliss-reactive ketones (excluding diaryl/α,β-unsaturated/α-hetero) is 2. The molecule has 0 unspecified atom stereocenters. The van der Waals surface area contributed by atoms with Gasteiger partial charge in [-0.2, -0.15) is 12.6 Å². The van der Waals surface area contributed by atoms with Crippen molar-refractivity contribution in [3.63, 3.8) is 0 Å². The quantitative estimate of drug-likeness (QED) is 0.0206. The second-order valence-corrected chi connectivity index (χ2v) is 18.2. The molecule has 0 saturated carbocycles. The first-order chi connectivity index (χ1) is 24.7. The van der Waals surface area contributed by atoms with Crippen LogP contribution in [-0.4, -0.2) is 118 Å². The molecule has 18 nitrogen and oxygen atoms in total. The Morgan fingerprint density at radius 3 is 1.74 bits per heavy atom. The average Bonchev–Trinajstić information content (AvgIpc) is 3.00. The van der Waals surface area contributed by atoms with E-state index in [2.05, 4.69) is 64.7 Å². The number of carbonyl (C=O) groups excluding carboxylic acids is 7. The number of urea groups is 2. The molecule has 4 atom stereocenters. The van der Waals surface area contributed by atoms with Crippen molar-refractivity contribution in [2.24, 2.45) is 5.73 Å². The van der Waals surface area contributed by atoms with Crippen LogP contribution >= 0.6 is 34.2 Å². The molecule has 0 bridgehead atoms. The maximum Gasteiger partial charge on any atom is 0.407 e. The normalized spacial score (nSPS) is 13.6. The topological polar surface area (TPSA) is 271 Å². The van der Waals surface area contributed by atoms with E-state index in [0.29, 0.717) is 5.75 Å². The number of aliphatic carboxylic acids is 1. The Balaban J connectivity index is 0. The zero-order valence-corrected chi connectivity index (χ0v) is 35.4. The Bertz CT molecular complexity index is 1240. The maximum absolute atomic E-state index is 12.8. The van der Waals surface area contributed by atoms with E-state index in [1.807, 2.05) is 0 Å². The molecule has 0 fully saturated rings. The highest BCUT2D eigenvalue weighted by molar-refractivity contribution is 8.77. The lowest BCUT2D eigenvalue weighted by molar-refractivity contribution is -0.155. The van der Waals surface area contributed by atoms with E-state index in [0.717, 1.165) is 0 Å². The minimum Gasteiger partial charge on any atom is -0.481 e. The predicted octanol–water partition coefficient (Wildman–Crippen LogP) is 2.91. The number of rotatable bonds is 21. The van der Waals surface area contributed by atoms with Crippen molar-refractivity contribution in [3.05, 3.63) is 0 Å². The fourth-order valence-electron chi connectivity index (χ4n) is 3.46. The summed E-state index contributed by atoms with van der Waals surface area (Å²) in [4.78, 5) is 92.4. The number of carboxylic acids is 1. The van der Waals surface area contributed by atoms with Crippen LogP contribution in [0, 0.1) is 0 Å². The van der Waals surface area contributed by atoms with Crippen LogP contribution in [0.4, 0.5) is 14.4 Å². The third-order valence-electron chi connectivity index (χ3n) is 5.72. The average molecular weight is 829 g/mol. The van der Waals surface area contributed by atoms with E-state index in [-0.39, 0.29) is 67.6 Å². The zero-order valence-electron chi connectivity index (χ0n) is 32.8. The predicted molar refractivity (Wildman–Crippen MR) is 210 cm³/mol. The van der Waals surface area contributed by atoms with Gasteiger partial charge in [0.1, 0.15) is 11.2 Å². The number of alkyl carbamates (subject to hydrolysis) is 1. The van der Waals surface area contributed by atoms with Crippen molar-refractivity contribution in [1.82, 2.24) is 26.6 Å². The van der Waals surface area contributed by atoms with Gasteiger partial charge in [-0.05, 0) is 48.5 Å². The molecule has 0 aliphatic rings. The summed E-state index contributed by atoms with van der Waals surface area (Å²) >= 11 is 3.91. The fraction of sp³-hybridized carbons (Fsp3) is 0.758. The van der Waals surface area contributed by atoms with Gasteiger partial charge < -0.3 is 45.9 Å². The molecule has 54 heavy (non-hydrogen) atoms. The summed E-state index contributed by atoms with van der Waals surface area (Å²) in [7, 11) is 3.09. The summed E-state index contributed by atoms with van der Waals surface area (Å²) in [6.07, 6.45) is -2.16. The van der Waals surface area contributed by atoms with E-state index in [4.69, 9.17) is 20.3 Å². The van der Waals surface area contributed by atoms with Gasteiger partial charge in [0.2, 0.25) is 0 Å². The number of amides is 5. The van der Waals surface area contributed by atoms with Gasteiger partial charge in [-0.3, -0.25) is 29.7 Å².